The third kappa shape index (κ3) is 7.04. The Morgan fingerprint density at radius 2 is 2.00 bits per heavy atom. The van der Waals surface area contributed by atoms with E-state index in [2.05, 4.69) is 45.1 Å². The predicted octanol–water partition coefficient (Wildman–Crippen LogP) is 2.81. The average Bonchev–Trinajstić information content (AvgIpc) is 2.44. The molecule has 1 amide bonds. The summed E-state index contributed by atoms with van der Waals surface area (Å²) in [6.45, 7) is 10.2. The summed E-state index contributed by atoms with van der Waals surface area (Å²) >= 11 is 0. The van der Waals surface area contributed by atoms with Crippen molar-refractivity contribution >= 4 is 5.91 Å². The highest BCUT2D eigenvalue weighted by Gasteiger charge is 2.11. The quantitative estimate of drug-likeness (QED) is 0.761. The molecule has 1 rings (SSSR count). The molecule has 0 spiro atoms. The van der Waals surface area contributed by atoms with Gasteiger partial charge in [-0.25, -0.2) is 0 Å². The molecule has 23 heavy (non-hydrogen) atoms. The number of carbonyl (C=O) groups excluding carboxylic acids is 1. The molecule has 1 aromatic rings. The Morgan fingerprint density at radius 1 is 1.30 bits per heavy atom. The maximum atomic E-state index is 11.9. The lowest BCUT2D eigenvalue weighted by Gasteiger charge is -2.16. The number of nitrogens with one attached hydrogen (secondary N) is 1. The molecule has 0 atom stereocenters. The number of aryl methyl sites for hydroxylation is 2. The molecule has 0 bridgehead atoms. The fraction of sp³-hybridized carbons (Fsp3) is 0.632. The van der Waals surface area contributed by atoms with Crippen LogP contribution in [0.1, 0.15) is 37.5 Å². The van der Waals surface area contributed by atoms with Crippen molar-refractivity contribution in [2.45, 2.75) is 40.5 Å². The van der Waals surface area contributed by atoms with Crippen molar-refractivity contribution in [3.8, 4) is 5.75 Å². The largest absolute Gasteiger partial charge is 0.483 e. The molecule has 130 valence electrons. The Balaban J connectivity index is 2.67. The van der Waals surface area contributed by atoms with E-state index < -0.39 is 0 Å². The summed E-state index contributed by atoms with van der Waals surface area (Å²) in [5, 5.41) is 2.87. The first-order valence-electron chi connectivity index (χ1n) is 8.50. The minimum atomic E-state index is -0.0699. The number of hydrogen-bond acceptors (Lipinski definition) is 3. The Hall–Kier alpha value is -1.55. The number of rotatable bonds is 9. The second-order valence-electron chi connectivity index (χ2n) is 6.79. The van der Waals surface area contributed by atoms with E-state index in [9.17, 15) is 4.79 Å². The summed E-state index contributed by atoms with van der Waals surface area (Å²) in [6.07, 6.45) is 1.98. The Bertz CT molecular complexity index is 510. The number of carbonyl (C=O) groups is 1. The first-order chi connectivity index (χ1) is 10.8. The van der Waals surface area contributed by atoms with E-state index in [-0.39, 0.29) is 12.5 Å². The number of likely N-dealkylation sites (N-methyl/N-ethyl adjacent to an activating group) is 1. The fourth-order valence-corrected chi connectivity index (χ4v) is 2.59. The molecule has 0 unspecified atom stereocenters. The minimum Gasteiger partial charge on any atom is -0.483 e. The first kappa shape index (κ1) is 19.5. The average molecular weight is 320 g/mol. The molecule has 0 aliphatic heterocycles. The van der Waals surface area contributed by atoms with Crippen molar-refractivity contribution in [2.24, 2.45) is 5.92 Å². The molecule has 0 aromatic heterocycles. The molecule has 4 nitrogen and oxygen atoms in total. The maximum Gasteiger partial charge on any atom is 0.257 e. The third-order valence-electron chi connectivity index (χ3n) is 3.66. The van der Waals surface area contributed by atoms with Crippen LogP contribution < -0.4 is 10.1 Å². The molecule has 0 aliphatic carbocycles. The van der Waals surface area contributed by atoms with Gasteiger partial charge >= 0.3 is 0 Å². The lowest BCUT2D eigenvalue weighted by Crippen LogP contribution is -2.34. The first-order valence-corrected chi connectivity index (χ1v) is 8.50. The van der Waals surface area contributed by atoms with Crippen molar-refractivity contribution in [1.29, 1.82) is 0 Å². The molecule has 0 fully saturated rings. The highest BCUT2D eigenvalue weighted by Crippen LogP contribution is 2.27. The van der Waals surface area contributed by atoms with Gasteiger partial charge in [0, 0.05) is 13.1 Å². The van der Waals surface area contributed by atoms with Crippen LogP contribution in [0.25, 0.3) is 0 Å². The molecule has 0 heterocycles. The van der Waals surface area contributed by atoms with Crippen LogP contribution in [0.4, 0.5) is 0 Å². The molecule has 4 heteroatoms. The van der Waals surface area contributed by atoms with Crippen LogP contribution in [0.15, 0.2) is 12.1 Å². The zero-order valence-electron chi connectivity index (χ0n) is 15.5. The van der Waals surface area contributed by atoms with Gasteiger partial charge in [-0.15, -0.1) is 0 Å². The van der Waals surface area contributed by atoms with Crippen molar-refractivity contribution in [3.05, 3.63) is 28.8 Å². The van der Waals surface area contributed by atoms with E-state index in [0.717, 1.165) is 30.7 Å². The number of benzene rings is 1. The lowest BCUT2D eigenvalue weighted by molar-refractivity contribution is -0.123. The van der Waals surface area contributed by atoms with E-state index in [4.69, 9.17) is 4.74 Å². The molecule has 0 aliphatic rings. The van der Waals surface area contributed by atoms with E-state index in [1.165, 1.54) is 11.1 Å². The molecular formula is C19H32N2O2. The summed E-state index contributed by atoms with van der Waals surface area (Å²) in [6, 6.07) is 4.39. The monoisotopic (exact) mass is 320 g/mol. The maximum absolute atomic E-state index is 11.9. The molecular weight excluding hydrogens is 288 g/mol. The van der Waals surface area contributed by atoms with Crippen molar-refractivity contribution in [2.75, 3.05) is 33.8 Å². The van der Waals surface area contributed by atoms with E-state index >= 15 is 0 Å². The van der Waals surface area contributed by atoms with Crippen LogP contribution in [0.2, 0.25) is 0 Å². The molecule has 1 aromatic carbocycles. The zero-order chi connectivity index (χ0) is 17.4. The third-order valence-corrected chi connectivity index (χ3v) is 3.66. The second kappa shape index (κ2) is 9.56. The summed E-state index contributed by atoms with van der Waals surface area (Å²) in [5.41, 5.74) is 3.64. The lowest BCUT2D eigenvalue weighted by atomic mass is 9.97. The van der Waals surface area contributed by atoms with E-state index in [1.807, 2.05) is 19.0 Å². The van der Waals surface area contributed by atoms with Crippen LogP contribution in [0.5, 0.6) is 5.75 Å². The Morgan fingerprint density at radius 3 is 2.57 bits per heavy atom. The van der Waals surface area contributed by atoms with Crippen molar-refractivity contribution < 1.29 is 9.53 Å². The molecule has 0 radical (unpaired) electrons. The van der Waals surface area contributed by atoms with Crippen LogP contribution in [-0.2, 0) is 17.6 Å². The van der Waals surface area contributed by atoms with Crippen LogP contribution in [0, 0.1) is 12.8 Å². The van der Waals surface area contributed by atoms with Gasteiger partial charge in [0.2, 0.25) is 0 Å². The van der Waals surface area contributed by atoms with Gasteiger partial charge in [-0.05, 0) is 56.5 Å². The normalized spacial score (nSPS) is 11.1. The number of amides is 1. The summed E-state index contributed by atoms with van der Waals surface area (Å²) < 4.78 is 5.81. The summed E-state index contributed by atoms with van der Waals surface area (Å²) in [4.78, 5) is 13.9. The van der Waals surface area contributed by atoms with E-state index in [1.54, 1.807) is 0 Å². The van der Waals surface area contributed by atoms with Crippen LogP contribution in [0.3, 0.4) is 0 Å². The van der Waals surface area contributed by atoms with Gasteiger partial charge in [0.15, 0.2) is 6.61 Å². The SMILES string of the molecule is CCc1cc(CC(C)C)cc(C)c1OCC(=O)NCCN(C)C. The highest BCUT2D eigenvalue weighted by atomic mass is 16.5. The number of ether oxygens (including phenoxy) is 1. The van der Waals surface area contributed by atoms with Gasteiger partial charge in [-0.3, -0.25) is 4.79 Å². The van der Waals surface area contributed by atoms with Gasteiger partial charge in [0.25, 0.3) is 5.91 Å². The van der Waals surface area contributed by atoms with Gasteiger partial charge < -0.3 is 15.0 Å². The van der Waals surface area contributed by atoms with Gasteiger partial charge in [-0.1, -0.05) is 32.9 Å². The van der Waals surface area contributed by atoms with Gasteiger partial charge in [0.1, 0.15) is 5.75 Å². The molecule has 1 N–H and O–H groups in total. The van der Waals surface area contributed by atoms with Crippen molar-refractivity contribution in [1.82, 2.24) is 10.2 Å². The summed E-state index contributed by atoms with van der Waals surface area (Å²) in [7, 11) is 3.97. The number of nitrogens with zero attached hydrogens (tertiary/aromatic N) is 1. The molecule has 0 saturated heterocycles. The number of hydrogen-bond donors (Lipinski definition) is 1. The minimum absolute atomic E-state index is 0.0699. The van der Waals surface area contributed by atoms with Crippen LogP contribution >= 0.6 is 0 Å². The van der Waals surface area contributed by atoms with Gasteiger partial charge in [0.05, 0.1) is 0 Å². The van der Waals surface area contributed by atoms with Crippen LogP contribution in [-0.4, -0.2) is 44.6 Å². The van der Waals surface area contributed by atoms with Crippen molar-refractivity contribution in [3.63, 3.8) is 0 Å². The fourth-order valence-electron chi connectivity index (χ4n) is 2.59. The zero-order valence-corrected chi connectivity index (χ0v) is 15.5. The second-order valence-corrected chi connectivity index (χ2v) is 6.79. The molecule has 0 saturated carbocycles. The van der Waals surface area contributed by atoms with E-state index in [0.29, 0.717) is 12.5 Å². The highest BCUT2D eigenvalue weighted by molar-refractivity contribution is 5.77. The Kier molecular flexibility index (Phi) is 8.10. The predicted molar refractivity (Wildman–Crippen MR) is 96.2 cm³/mol. The smallest absolute Gasteiger partial charge is 0.257 e. The topological polar surface area (TPSA) is 41.6 Å². The van der Waals surface area contributed by atoms with Gasteiger partial charge in [-0.2, -0.15) is 0 Å². The Labute approximate surface area is 141 Å². The standard InChI is InChI=1S/C19H32N2O2/c1-7-17-12-16(10-14(2)3)11-15(4)19(17)23-13-18(22)20-8-9-21(5)6/h11-12,14H,7-10,13H2,1-6H3,(H,20,22). The summed E-state index contributed by atoms with van der Waals surface area (Å²) in [5.74, 6) is 1.43.